The molecular weight excluding hydrogens is 190 g/mol. The van der Waals surface area contributed by atoms with Gasteiger partial charge in [0.1, 0.15) is 5.82 Å². The molecule has 1 aliphatic heterocycles. The summed E-state index contributed by atoms with van der Waals surface area (Å²) < 4.78 is 0. The summed E-state index contributed by atoms with van der Waals surface area (Å²) in [7, 11) is 0. The van der Waals surface area contributed by atoms with Gasteiger partial charge in [0.15, 0.2) is 0 Å². The number of carbonyl (C=O) groups excluding carboxylic acids is 1. The molecule has 1 amide bonds. The highest BCUT2D eigenvalue weighted by molar-refractivity contribution is 5.88. The molecule has 0 atom stereocenters. The van der Waals surface area contributed by atoms with E-state index < -0.39 is 0 Å². The first-order chi connectivity index (χ1) is 7.25. The molecule has 4 nitrogen and oxygen atoms in total. The Hall–Kier alpha value is -1.58. The van der Waals surface area contributed by atoms with E-state index in [0.29, 0.717) is 0 Å². The van der Waals surface area contributed by atoms with Crippen LogP contribution in [0.15, 0.2) is 18.3 Å². The van der Waals surface area contributed by atoms with Crippen molar-refractivity contribution in [1.29, 1.82) is 0 Å². The fraction of sp³-hybridized carbons (Fsp3) is 0.455. The molecule has 1 saturated heterocycles. The van der Waals surface area contributed by atoms with Gasteiger partial charge in [-0.25, -0.2) is 4.98 Å². The molecule has 0 bridgehead atoms. The second kappa shape index (κ2) is 4.29. The van der Waals surface area contributed by atoms with Gasteiger partial charge in [0.25, 0.3) is 0 Å². The van der Waals surface area contributed by atoms with Crippen molar-refractivity contribution in [3.63, 3.8) is 0 Å². The van der Waals surface area contributed by atoms with Crippen molar-refractivity contribution in [3.8, 4) is 0 Å². The number of anilines is 2. The number of nitrogens with zero attached hydrogens (tertiary/aromatic N) is 2. The van der Waals surface area contributed by atoms with Gasteiger partial charge in [0.2, 0.25) is 5.91 Å². The summed E-state index contributed by atoms with van der Waals surface area (Å²) >= 11 is 0. The van der Waals surface area contributed by atoms with Crippen LogP contribution >= 0.6 is 0 Å². The maximum absolute atomic E-state index is 10.8. The van der Waals surface area contributed by atoms with Crippen molar-refractivity contribution in [3.05, 3.63) is 18.3 Å². The van der Waals surface area contributed by atoms with Crippen LogP contribution in [0.25, 0.3) is 0 Å². The summed E-state index contributed by atoms with van der Waals surface area (Å²) in [5.74, 6) is 0.937. The normalized spacial score (nSPS) is 15.4. The van der Waals surface area contributed by atoms with Crippen LogP contribution in [0.1, 0.15) is 19.8 Å². The predicted molar refractivity (Wildman–Crippen MR) is 60.0 cm³/mol. The third kappa shape index (κ3) is 2.46. The molecule has 2 rings (SSSR count). The largest absolute Gasteiger partial charge is 0.357 e. The molecule has 1 N–H and O–H groups in total. The van der Waals surface area contributed by atoms with Crippen molar-refractivity contribution in [2.75, 3.05) is 23.3 Å². The molecule has 0 radical (unpaired) electrons. The highest BCUT2D eigenvalue weighted by Gasteiger charge is 2.12. The number of aromatic nitrogens is 1. The minimum Gasteiger partial charge on any atom is -0.357 e. The van der Waals surface area contributed by atoms with E-state index in [1.807, 2.05) is 12.1 Å². The van der Waals surface area contributed by atoms with Gasteiger partial charge < -0.3 is 10.2 Å². The third-order valence-corrected chi connectivity index (χ3v) is 2.50. The Morgan fingerprint density at radius 3 is 2.67 bits per heavy atom. The van der Waals surface area contributed by atoms with E-state index >= 15 is 0 Å². The summed E-state index contributed by atoms with van der Waals surface area (Å²) in [6, 6.07) is 3.85. The Labute approximate surface area is 89.3 Å². The zero-order valence-electron chi connectivity index (χ0n) is 8.86. The number of carbonyl (C=O) groups is 1. The minimum atomic E-state index is -0.0641. The second-order valence-corrected chi connectivity index (χ2v) is 3.78. The molecule has 4 heteroatoms. The topological polar surface area (TPSA) is 45.2 Å². The van der Waals surface area contributed by atoms with Crippen molar-refractivity contribution in [2.24, 2.45) is 0 Å². The summed E-state index contributed by atoms with van der Waals surface area (Å²) in [5.41, 5.74) is 0.755. The predicted octanol–water partition coefficient (Wildman–Crippen LogP) is 1.64. The Balaban J connectivity index is 2.06. The number of hydrogen-bond donors (Lipinski definition) is 1. The maximum atomic E-state index is 10.8. The number of rotatable bonds is 2. The highest BCUT2D eigenvalue weighted by Crippen LogP contribution is 2.18. The first-order valence-corrected chi connectivity index (χ1v) is 5.24. The summed E-state index contributed by atoms with van der Waals surface area (Å²) in [4.78, 5) is 17.4. The molecule has 80 valence electrons. The third-order valence-electron chi connectivity index (χ3n) is 2.50. The van der Waals surface area contributed by atoms with Gasteiger partial charge in [-0.05, 0) is 25.0 Å². The maximum Gasteiger partial charge on any atom is 0.221 e. The van der Waals surface area contributed by atoms with Gasteiger partial charge in [-0.2, -0.15) is 0 Å². The number of pyridine rings is 1. The van der Waals surface area contributed by atoms with Crippen LogP contribution < -0.4 is 10.2 Å². The quantitative estimate of drug-likeness (QED) is 0.798. The lowest BCUT2D eigenvalue weighted by Crippen LogP contribution is -2.18. The zero-order chi connectivity index (χ0) is 10.7. The Morgan fingerprint density at radius 1 is 1.40 bits per heavy atom. The molecule has 1 aliphatic rings. The Kier molecular flexibility index (Phi) is 2.85. The first-order valence-electron chi connectivity index (χ1n) is 5.24. The SMILES string of the molecule is CC(=O)Nc1ccc(N2CCCC2)nc1. The second-order valence-electron chi connectivity index (χ2n) is 3.78. The minimum absolute atomic E-state index is 0.0641. The Bertz CT molecular complexity index is 341. The molecule has 2 heterocycles. The van der Waals surface area contributed by atoms with Crippen LogP contribution in [0.5, 0.6) is 0 Å². The molecule has 0 spiro atoms. The van der Waals surface area contributed by atoms with Gasteiger partial charge in [0.05, 0.1) is 11.9 Å². The molecule has 1 aromatic rings. The van der Waals surface area contributed by atoms with Crippen LogP contribution in [-0.4, -0.2) is 24.0 Å². The zero-order valence-corrected chi connectivity index (χ0v) is 8.86. The standard InChI is InChI=1S/C11H15N3O/c1-9(15)13-10-4-5-11(12-8-10)14-6-2-3-7-14/h4-5,8H,2-3,6-7H2,1H3,(H,13,15). The van der Waals surface area contributed by atoms with Crippen LogP contribution in [-0.2, 0) is 4.79 Å². The number of nitrogens with one attached hydrogen (secondary N) is 1. The van der Waals surface area contributed by atoms with Gasteiger partial charge in [-0.1, -0.05) is 0 Å². The molecule has 0 aliphatic carbocycles. The fourth-order valence-electron chi connectivity index (χ4n) is 1.80. The van der Waals surface area contributed by atoms with Crippen LogP contribution in [0, 0.1) is 0 Å². The van der Waals surface area contributed by atoms with Crippen molar-refractivity contribution in [1.82, 2.24) is 4.98 Å². The van der Waals surface area contributed by atoms with Crippen molar-refractivity contribution >= 4 is 17.4 Å². The van der Waals surface area contributed by atoms with E-state index in [0.717, 1.165) is 24.6 Å². The summed E-state index contributed by atoms with van der Waals surface area (Å²) in [5, 5.41) is 2.70. The highest BCUT2D eigenvalue weighted by atomic mass is 16.1. The van der Waals surface area contributed by atoms with E-state index in [4.69, 9.17) is 0 Å². The molecule has 15 heavy (non-hydrogen) atoms. The number of amides is 1. The van der Waals surface area contributed by atoms with Crippen molar-refractivity contribution < 1.29 is 4.79 Å². The van der Waals surface area contributed by atoms with Crippen LogP contribution in [0.4, 0.5) is 11.5 Å². The molecule has 1 aromatic heterocycles. The molecular formula is C11H15N3O. The van der Waals surface area contributed by atoms with Crippen molar-refractivity contribution in [2.45, 2.75) is 19.8 Å². The van der Waals surface area contributed by atoms with E-state index in [1.165, 1.54) is 19.8 Å². The average Bonchev–Trinajstić information content (AvgIpc) is 2.71. The van der Waals surface area contributed by atoms with E-state index in [2.05, 4.69) is 15.2 Å². The number of hydrogen-bond acceptors (Lipinski definition) is 3. The smallest absolute Gasteiger partial charge is 0.221 e. The average molecular weight is 205 g/mol. The molecule has 0 unspecified atom stereocenters. The molecule has 1 fully saturated rings. The summed E-state index contributed by atoms with van der Waals surface area (Å²) in [6.45, 7) is 3.67. The lowest BCUT2D eigenvalue weighted by molar-refractivity contribution is -0.114. The van der Waals surface area contributed by atoms with Crippen LogP contribution in [0.2, 0.25) is 0 Å². The Morgan fingerprint density at radius 2 is 2.13 bits per heavy atom. The van der Waals surface area contributed by atoms with Crippen LogP contribution in [0.3, 0.4) is 0 Å². The first kappa shape index (κ1) is 9.96. The van der Waals surface area contributed by atoms with E-state index in [9.17, 15) is 4.79 Å². The molecule has 0 aromatic carbocycles. The molecule has 0 saturated carbocycles. The van der Waals surface area contributed by atoms with E-state index in [1.54, 1.807) is 6.20 Å². The lowest BCUT2D eigenvalue weighted by atomic mass is 10.4. The fourth-order valence-corrected chi connectivity index (χ4v) is 1.80. The monoisotopic (exact) mass is 205 g/mol. The van der Waals surface area contributed by atoms with Gasteiger partial charge in [0, 0.05) is 20.0 Å². The van der Waals surface area contributed by atoms with Gasteiger partial charge in [-0.3, -0.25) is 4.79 Å². The van der Waals surface area contributed by atoms with E-state index in [-0.39, 0.29) is 5.91 Å². The van der Waals surface area contributed by atoms with Gasteiger partial charge in [-0.15, -0.1) is 0 Å². The lowest BCUT2D eigenvalue weighted by Gasteiger charge is -2.16. The van der Waals surface area contributed by atoms with Gasteiger partial charge >= 0.3 is 0 Å². The summed E-state index contributed by atoms with van der Waals surface area (Å²) in [6.07, 6.45) is 4.19.